The van der Waals surface area contributed by atoms with Crippen LogP contribution in [0.1, 0.15) is 27.6 Å². The molecule has 0 bridgehead atoms. The van der Waals surface area contributed by atoms with Crippen LogP contribution in [0.4, 0.5) is 13.2 Å². The third-order valence-corrected chi connectivity index (χ3v) is 3.80. The molecule has 0 saturated heterocycles. The molecule has 0 fully saturated rings. The molecule has 5 heteroatoms. The lowest BCUT2D eigenvalue weighted by molar-refractivity contribution is 0.408. The summed E-state index contributed by atoms with van der Waals surface area (Å²) in [6, 6.07) is 5.50. The number of rotatable bonds is 3. The summed E-state index contributed by atoms with van der Waals surface area (Å²) >= 11 is 6.23. The molecule has 0 aliphatic heterocycles. The highest BCUT2D eigenvalue weighted by molar-refractivity contribution is 6.22. The van der Waals surface area contributed by atoms with Crippen LogP contribution in [0.2, 0.25) is 0 Å². The van der Waals surface area contributed by atoms with Crippen LogP contribution in [-0.2, 0) is 0 Å². The van der Waals surface area contributed by atoms with Crippen molar-refractivity contribution in [3.63, 3.8) is 0 Å². The predicted octanol–water partition coefficient (Wildman–Crippen LogP) is 5.06. The van der Waals surface area contributed by atoms with E-state index in [1.165, 1.54) is 0 Å². The van der Waals surface area contributed by atoms with Gasteiger partial charge in [-0.1, -0.05) is 18.2 Å². The molecule has 1 unspecified atom stereocenters. The number of halogens is 4. The molecule has 0 N–H and O–H groups in total. The van der Waals surface area contributed by atoms with Crippen molar-refractivity contribution in [2.75, 3.05) is 7.11 Å². The van der Waals surface area contributed by atoms with Crippen molar-refractivity contribution < 1.29 is 17.9 Å². The molecule has 1 atom stereocenters. The summed E-state index contributed by atoms with van der Waals surface area (Å²) in [6.45, 7) is 3.67. The second-order valence-corrected chi connectivity index (χ2v) is 5.25. The lowest BCUT2D eigenvalue weighted by Gasteiger charge is -2.16. The molecular formula is C16H14ClF3O. The van der Waals surface area contributed by atoms with Gasteiger partial charge in [-0.25, -0.2) is 13.2 Å². The van der Waals surface area contributed by atoms with E-state index < -0.39 is 22.8 Å². The molecule has 112 valence electrons. The highest BCUT2D eigenvalue weighted by Crippen LogP contribution is 2.35. The minimum Gasteiger partial charge on any atom is -0.496 e. The van der Waals surface area contributed by atoms with Crippen LogP contribution in [0.15, 0.2) is 24.3 Å². The smallest absolute Gasteiger partial charge is 0.194 e. The standard InChI is InChI=1S/C16H14ClF3O/c1-8-6-10(7-9(2)16(8)21-3)13(17)11-4-5-12(18)15(20)14(11)19/h4-7,13H,1-3H3. The van der Waals surface area contributed by atoms with Gasteiger partial charge in [0.1, 0.15) is 5.75 Å². The molecule has 0 aliphatic rings. The first-order valence-corrected chi connectivity index (χ1v) is 6.73. The molecule has 0 heterocycles. The number of benzene rings is 2. The van der Waals surface area contributed by atoms with Gasteiger partial charge in [-0.15, -0.1) is 11.6 Å². The lowest BCUT2D eigenvalue weighted by atomic mass is 9.98. The fraction of sp³-hybridized carbons (Fsp3) is 0.250. The normalized spacial score (nSPS) is 12.3. The van der Waals surface area contributed by atoms with E-state index in [1.54, 1.807) is 19.2 Å². The van der Waals surface area contributed by atoms with E-state index >= 15 is 0 Å². The molecule has 0 saturated carbocycles. The molecule has 1 nitrogen and oxygen atoms in total. The van der Waals surface area contributed by atoms with Crippen molar-refractivity contribution in [2.45, 2.75) is 19.2 Å². The van der Waals surface area contributed by atoms with Crippen LogP contribution < -0.4 is 4.74 Å². The Kier molecular flexibility index (Phi) is 4.47. The molecule has 0 radical (unpaired) electrons. The molecule has 0 amide bonds. The largest absolute Gasteiger partial charge is 0.496 e. The average molecular weight is 315 g/mol. The Bertz CT molecular complexity index is 662. The van der Waals surface area contributed by atoms with E-state index in [9.17, 15) is 13.2 Å². The zero-order chi connectivity index (χ0) is 15.7. The lowest BCUT2D eigenvalue weighted by Crippen LogP contribution is -2.03. The third-order valence-electron chi connectivity index (χ3n) is 3.32. The number of methoxy groups -OCH3 is 1. The second kappa shape index (κ2) is 5.98. The summed E-state index contributed by atoms with van der Waals surface area (Å²) in [5, 5.41) is -0.914. The Labute approximate surface area is 126 Å². The van der Waals surface area contributed by atoms with Crippen LogP contribution in [0.25, 0.3) is 0 Å². The molecule has 2 aromatic rings. The predicted molar refractivity (Wildman–Crippen MR) is 76.5 cm³/mol. The van der Waals surface area contributed by atoms with Gasteiger partial charge in [0.25, 0.3) is 0 Å². The van der Waals surface area contributed by atoms with Crippen molar-refractivity contribution in [3.05, 3.63) is 64.0 Å². The van der Waals surface area contributed by atoms with E-state index in [0.717, 1.165) is 23.3 Å². The maximum absolute atomic E-state index is 13.8. The van der Waals surface area contributed by atoms with Crippen molar-refractivity contribution in [3.8, 4) is 5.75 Å². The minimum absolute atomic E-state index is 0.0977. The van der Waals surface area contributed by atoms with Gasteiger partial charge in [-0.3, -0.25) is 0 Å². The van der Waals surface area contributed by atoms with Gasteiger partial charge in [0, 0.05) is 5.56 Å². The van der Waals surface area contributed by atoms with Crippen molar-refractivity contribution in [1.82, 2.24) is 0 Å². The summed E-state index contributed by atoms with van der Waals surface area (Å²) in [7, 11) is 1.56. The van der Waals surface area contributed by atoms with E-state index in [1.807, 2.05) is 13.8 Å². The molecule has 21 heavy (non-hydrogen) atoms. The minimum atomic E-state index is -1.51. The molecule has 2 aromatic carbocycles. The average Bonchev–Trinajstić information content (AvgIpc) is 2.44. The van der Waals surface area contributed by atoms with E-state index in [4.69, 9.17) is 16.3 Å². The van der Waals surface area contributed by atoms with Crippen LogP contribution in [0.3, 0.4) is 0 Å². The molecule has 0 spiro atoms. The van der Waals surface area contributed by atoms with Crippen LogP contribution in [0, 0.1) is 31.3 Å². The zero-order valence-corrected chi connectivity index (χ0v) is 12.6. The summed E-state index contributed by atoms with van der Waals surface area (Å²) in [6.07, 6.45) is 0. The molecule has 0 aromatic heterocycles. The SMILES string of the molecule is COc1c(C)cc(C(Cl)c2ccc(F)c(F)c2F)cc1C. The quantitative estimate of drug-likeness (QED) is 0.568. The third kappa shape index (κ3) is 2.86. The van der Waals surface area contributed by atoms with Crippen molar-refractivity contribution in [1.29, 1.82) is 0 Å². The monoisotopic (exact) mass is 314 g/mol. The summed E-state index contributed by atoms with van der Waals surface area (Å²) in [5.74, 6) is -3.29. The Hall–Kier alpha value is -1.68. The fourth-order valence-electron chi connectivity index (χ4n) is 2.37. The van der Waals surface area contributed by atoms with Gasteiger partial charge in [-0.2, -0.15) is 0 Å². The maximum Gasteiger partial charge on any atom is 0.194 e. The van der Waals surface area contributed by atoms with Gasteiger partial charge in [0.15, 0.2) is 17.5 Å². The number of hydrogen-bond donors (Lipinski definition) is 0. The van der Waals surface area contributed by atoms with Gasteiger partial charge in [0.2, 0.25) is 0 Å². The number of aryl methyl sites for hydroxylation is 2. The summed E-state index contributed by atoms with van der Waals surface area (Å²) < 4.78 is 45.4. The van der Waals surface area contributed by atoms with E-state index in [2.05, 4.69) is 0 Å². The van der Waals surface area contributed by atoms with Crippen molar-refractivity contribution in [2.24, 2.45) is 0 Å². The highest BCUT2D eigenvalue weighted by atomic mass is 35.5. The Balaban J connectivity index is 2.50. The van der Waals surface area contributed by atoms with E-state index in [-0.39, 0.29) is 5.56 Å². The Morgan fingerprint density at radius 1 is 1.00 bits per heavy atom. The first-order valence-electron chi connectivity index (χ1n) is 6.29. The van der Waals surface area contributed by atoms with Gasteiger partial charge in [-0.05, 0) is 36.6 Å². The number of hydrogen-bond acceptors (Lipinski definition) is 1. The fourth-order valence-corrected chi connectivity index (χ4v) is 2.66. The molecule has 2 rings (SSSR count). The Morgan fingerprint density at radius 3 is 2.10 bits per heavy atom. The van der Waals surface area contributed by atoms with Gasteiger partial charge < -0.3 is 4.74 Å². The zero-order valence-electron chi connectivity index (χ0n) is 11.8. The summed E-state index contributed by atoms with van der Waals surface area (Å²) in [4.78, 5) is 0. The Morgan fingerprint density at radius 2 is 1.57 bits per heavy atom. The molecule has 0 aliphatic carbocycles. The number of ether oxygens (including phenoxy) is 1. The van der Waals surface area contributed by atoms with E-state index in [0.29, 0.717) is 11.3 Å². The maximum atomic E-state index is 13.8. The first kappa shape index (κ1) is 15.7. The van der Waals surface area contributed by atoms with Gasteiger partial charge in [0.05, 0.1) is 12.5 Å². The van der Waals surface area contributed by atoms with Crippen LogP contribution in [0.5, 0.6) is 5.75 Å². The number of alkyl halides is 1. The second-order valence-electron chi connectivity index (χ2n) is 4.82. The molecular weight excluding hydrogens is 301 g/mol. The van der Waals surface area contributed by atoms with Crippen molar-refractivity contribution >= 4 is 11.6 Å². The van der Waals surface area contributed by atoms with Gasteiger partial charge >= 0.3 is 0 Å². The first-order chi connectivity index (χ1) is 9.86. The highest BCUT2D eigenvalue weighted by Gasteiger charge is 2.21. The topological polar surface area (TPSA) is 9.23 Å². The van der Waals surface area contributed by atoms with Crippen LogP contribution >= 0.6 is 11.6 Å². The summed E-state index contributed by atoms with van der Waals surface area (Å²) in [5.41, 5.74) is 2.17. The van der Waals surface area contributed by atoms with Crippen LogP contribution in [-0.4, -0.2) is 7.11 Å².